The molecule has 1 fully saturated rings. The van der Waals surface area contributed by atoms with Gasteiger partial charge in [-0.3, -0.25) is 14.9 Å². The van der Waals surface area contributed by atoms with E-state index in [0.717, 1.165) is 16.3 Å². The van der Waals surface area contributed by atoms with Crippen molar-refractivity contribution in [2.75, 3.05) is 36.5 Å². The molecule has 4 aromatic carbocycles. The van der Waals surface area contributed by atoms with Crippen LogP contribution in [0.25, 0.3) is 33.3 Å². The molecule has 5 aromatic rings. The molecule has 9 heteroatoms. The molecule has 0 atom stereocenters. The fourth-order valence-electron chi connectivity index (χ4n) is 4.63. The molecular weight excluding hydrogens is 472 g/mol. The van der Waals surface area contributed by atoms with Gasteiger partial charge in [-0.05, 0) is 41.1 Å². The molecule has 1 saturated heterocycles. The normalized spacial score (nSPS) is 13.7. The molecule has 1 N–H and O–H groups in total. The number of nitro groups is 1. The van der Waals surface area contributed by atoms with Gasteiger partial charge in [0.15, 0.2) is 5.58 Å². The fourth-order valence-corrected chi connectivity index (χ4v) is 4.63. The van der Waals surface area contributed by atoms with E-state index in [0.29, 0.717) is 54.7 Å². The zero-order chi connectivity index (χ0) is 25.4. The Balaban J connectivity index is 1.32. The van der Waals surface area contributed by atoms with Crippen molar-refractivity contribution in [2.24, 2.45) is 0 Å². The predicted octanol–water partition coefficient (Wildman–Crippen LogP) is 5.65. The summed E-state index contributed by atoms with van der Waals surface area (Å²) in [6, 6.07) is 23.5. The van der Waals surface area contributed by atoms with E-state index in [1.807, 2.05) is 47.4 Å². The number of ether oxygens (including phenoxy) is 1. The lowest BCUT2D eigenvalue weighted by molar-refractivity contribution is -0.384. The maximum absolute atomic E-state index is 13.3. The minimum atomic E-state index is -0.504. The molecule has 0 saturated carbocycles. The van der Waals surface area contributed by atoms with Crippen molar-refractivity contribution in [1.29, 1.82) is 0 Å². The van der Waals surface area contributed by atoms with E-state index in [-0.39, 0.29) is 11.3 Å². The first-order chi connectivity index (χ1) is 18.1. The van der Waals surface area contributed by atoms with Gasteiger partial charge in [0.1, 0.15) is 5.52 Å². The highest BCUT2D eigenvalue weighted by molar-refractivity contribution is 6.09. The summed E-state index contributed by atoms with van der Waals surface area (Å²) in [5.74, 6) is 0.0471. The number of hydrogen-bond acceptors (Lipinski definition) is 7. The number of nitrogens with zero attached hydrogens (tertiary/aromatic N) is 3. The Hall–Kier alpha value is -4.76. The second-order valence-electron chi connectivity index (χ2n) is 8.74. The lowest BCUT2D eigenvalue weighted by atomic mass is 10.0. The van der Waals surface area contributed by atoms with Crippen LogP contribution in [-0.4, -0.2) is 42.1 Å². The summed E-state index contributed by atoms with van der Waals surface area (Å²) in [5, 5.41) is 16.4. The van der Waals surface area contributed by atoms with Gasteiger partial charge in [-0.2, -0.15) is 0 Å². The van der Waals surface area contributed by atoms with Crippen LogP contribution in [0.4, 0.5) is 17.1 Å². The lowest BCUT2D eigenvalue weighted by Crippen LogP contribution is -2.37. The van der Waals surface area contributed by atoms with Crippen LogP contribution < -0.4 is 10.2 Å². The number of benzene rings is 4. The maximum Gasteiger partial charge on any atom is 0.270 e. The highest BCUT2D eigenvalue weighted by Crippen LogP contribution is 2.32. The highest BCUT2D eigenvalue weighted by atomic mass is 16.6. The quantitative estimate of drug-likeness (QED) is 0.248. The van der Waals surface area contributed by atoms with Gasteiger partial charge in [-0.15, -0.1) is 0 Å². The third-order valence-electron chi connectivity index (χ3n) is 6.45. The van der Waals surface area contributed by atoms with Gasteiger partial charge in [-0.25, -0.2) is 4.98 Å². The zero-order valence-corrected chi connectivity index (χ0v) is 19.7. The number of rotatable bonds is 5. The summed E-state index contributed by atoms with van der Waals surface area (Å²) in [5.41, 5.74) is 3.29. The van der Waals surface area contributed by atoms with E-state index in [1.165, 1.54) is 12.1 Å². The molecule has 6 rings (SSSR count). The van der Waals surface area contributed by atoms with Crippen LogP contribution in [0, 0.1) is 10.1 Å². The van der Waals surface area contributed by atoms with Crippen LogP contribution in [0.1, 0.15) is 10.4 Å². The Bertz CT molecular complexity index is 1650. The summed E-state index contributed by atoms with van der Waals surface area (Å²) in [4.78, 5) is 30.9. The van der Waals surface area contributed by atoms with Gasteiger partial charge in [0.25, 0.3) is 11.6 Å². The van der Waals surface area contributed by atoms with Gasteiger partial charge in [0, 0.05) is 36.5 Å². The standard InChI is InChI=1S/C28H22N4O5/c33-27(23-17-20(32(34)35)9-10-25(23)31-12-14-36-15-13-31)29-19-8-11-26-24(16-19)30-28(37-26)22-7-3-5-18-4-1-2-6-21(18)22/h1-11,16-17H,12-15H2,(H,29,33). The molecule has 1 aromatic heterocycles. The minimum Gasteiger partial charge on any atom is -0.436 e. The number of nitro benzene ring substituents is 1. The second kappa shape index (κ2) is 9.36. The Morgan fingerprint density at radius 1 is 0.973 bits per heavy atom. The van der Waals surface area contributed by atoms with Crippen molar-refractivity contribution >= 4 is 44.8 Å². The van der Waals surface area contributed by atoms with Crippen LogP contribution in [0.3, 0.4) is 0 Å². The average molecular weight is 495 g/mol. The molecule has 0 unspecified atom stereocenters. The van der Waals surface area contributed by atoms with Gasteiger partial charge >= 0.3 is 0 Å². The van der Waals surface area contributed by atoms with Crippen LogP contribution >= 0.6 is 0 Å². The average Bonchev–Trinajstić information content (AvgIpc) is 3.36. The molecule has 0 radical (unpaired) electrons. The molecule has 1 aliphatic heterocycles. The van der Waals surface area contributed by atoms with Crippen molar-refractivity contribution in [3.63, 3.8) is 0 Å². The van der Waals surface area contributed by atoms with Gasteiger partial charge in [0.05, 0.1) is 29.4 Å². The third kappa shape index (κ3) is 4.36. The zero-order valence-electron chi connectivity index (χ0n) is 19.7. The van der Waals surface area contributed by atoms with Crippen LogP contribution in [0.5, 0.6) is 0 Å². The number of fused-ring (bicyclic) bond motifs is 2. The van der Waals surface area contributed by atoms with Crippen molar-refractivity contribution < 1.29 is 18.9 Å². The topological polar surface area (TPSA) is 111 Å². The smallest absolute Gasteiger partial charge is 0.270 e. The Kier molecular flexibility index (Phi) is 5.74. The predicted molar refractivity (Wildman–Crippen MR) is 141 cm³/mol. The molecular formula is C28H22N4O5. The van der Waals surface area contributed by atoms with Crippen molar-refractivity contribution in [3.8, 4) is 11.5 Å². The van der Waals surface area contributed by atoms with E-state index in [9.17, 15) is 14.9 Å². The molecule has 37 heavy (non-hydrogen) atoms. The van der Waals surface area contributed by atoms with E-state index < -0.39 is 10.8 Å². The Labute approximate surface area is 211 Å². The molecule has 0 aliphatic carbocycles. The number of nitrogens with one attached hydrogen (secondary N) is 1. The van der Waals surface area contributed by atoms with Crippen LogP contribution in [0.2, 0.25) is 0 Å². The maximum atomic E-state index is 13.3. The van der Waals surface area contributed by atoms with E-state index in [1.54, 1.807) is 24.3 Å². The van der Waals surface area contributed by atoms with Crippen LogP contribution in [-0.2, 0) is 4.74 Å². The Morgan fingerprint density at radius 2 is 1.78 bits per heavy atom. The first-order valence-electron chi connectivity index (χ1n) is 11.9. The first kappa shape index (κ1) is 22.7. The molecule has 0 bridgehead atoms. The van der Waals surface area contributed by atoms with Gasteiger partial charge < -0.3 is 19.4 Å². The van der Waals surface area contributed by atoms with Crippen molar-refractivity contribution in [2.45, 2.75) is 0 Å². The van der Waals surface area contributed by atoms with E-state index >= 15 is 0 Å². The fraction of sp³-hybridized carbons (Fsp3) is 0.143. The second-order valence-corrected chi connectivity index (χ2v) is 8.74. The summed E-state index contributed by atoms with van der Waals surface area (Å²) in [6.07, 6.45) is 0. The summed E-state index contributed by atoms with van der Waals surface area (Å²) >= 11 is 0. The summed E-state index contributed by atoms with van der Waals surface area (Å²) in [6.45, 7) is 2.25. The number of carbonyl (C=O) groups excluding carboxylic acids is 1. The Morgan fingerprint density at radius 3 is 2.62 bits per heavy atom. The highest BCUT2D eigenvalue weighted by Gasteiger charge is 2.22. The molecule has 1 aliphatic rings. The number of amides is 1. The molecule has 9 nitrogen and oxygen atoms in total. The minimum absolute atomic E-state index is 0.145. The SMILES string of the molecule is O=C(Nc1ccc2oc(-c3cccc4ccccc34)nc2c1)c1cc([N+](=O)[O-])ccc1N1CCOCC1. The molecule has 0 spiro atoms. The number of non-ortho nitro benzene ring substituents is 1. The molecule has 2 heterocycles. The molecule has 1 amide bonds. The number of anilines is 2. The summed E-state index contributed by atoms with van der Waals surface area (Å²) < 4.78 is 11.4. The number of carbonyl (C=O) groups is 1. The number of morpholine rings is 1. The molecule has 184 valence electrons. The monoisotopic (exact) mass is 494 g/mol. The third-order valence-corrected chi connectivity index (χ3v) is 6.45. The first-order valence-corrected chi connectivity index (χ1v) is 11.9. The number of hydrogen-bond donors (Lipinski definition) is 1. The number of oxazole rings is 1. The van der Waals surface area contributed by atoms with Crippen LogP contribution in [0.15, 0.2) is 83.3 Å². The van der Waals surface area contributed by atoms with Crippen molar-refractivity contribution in [3.05, 3.63) is 94.5 Å². The largest absolute Gasteiger partial charge is 0.436 e. The summed E-state index contributed by atoms with van der Waals surface area (Å²) in [7, 11) is 0. The van der Waals surface area contributed by atoms with Crippen molar-refractivity contribution in [1.82, 2.24) is 4.98 Å². The van der Waals surface area contributed by atoms with E-state index in [4.69, 9.17) is 9.15 Å². The van der Waals surface area contributed by atoms with Gasteiger partial charge in [-0.1, -0.05) is 36.4 Å². The van der Waals surface area contributed by atoms with Gasteiger partial charge in [0.2, 0.25) is 5.89 Å². The van der Waals surface area contributed by atoms with E-state index in [2.05, 4.69) is 10.3 Å². The lowest BCUT2D eigenvalue weighted by Gasteiger charge is -2.30. The number of aromatic nitrogens is 1.